The lowest BCUT2D eigenvalue weighted by molar-refractivity contribution is -0.525. The van der Waals surface area contributed by atoms with Crippen LogP contribution in [0.2, 0.25) is 0 Å². The first-order valence-electron chi connectivity index (χ1n) is 25.4. The van der Waals surface area contributed by atoms with Gasteiger partial charge in [0.05, 0.1) is 45.2 Å². The van der Waals surface area contributed by atoms with Crippen LogP contribution in [0.15, 0.2) is 69.3 Å². The molecule has 1 aromatic carbocycles. The van der Waals surface area contributed by atoms with Crippen molar-refractivity contribution in [3.63, 3.8) is 0 Å². The van der Waals surface area contributed by atoms with Crippen LogP contribution in [0.3, 0.4) is 0 Å². The minimum Gasteiger partial charge on any atom is -0.376 e. The molecule has 2 amide bonds. The predicted octanol–water partition coefficient (Wildman–Crippen LogP) is 8.12. The third-order valence-corrected chi connectivity index (χ3v) is 18.2. The molecule has 5 rings (SSSR count). The van der Waals surface area contributed by atoms with Crippen LogP contribution in [-0.4, -0.2) is 133 Å². The monoisotopic (exact) mass is 1140 g/mol. The number of hydroxylamine groups is 2. The molecule has 3 heterocycles. The molecule has 1 aromatic rings. The van der Waals surface area contributed by atoms with Crippen LogP contribution in [0, 0.1) is 11.3 Å². The fraction of sp³-hybridized carbons (Fsp3) is 0.654. The summed E-state index contributed by atoms with van der Waals surface area (Å²) in [5, 5.41) is 0.497. The first-order valence-corrected chi connectivity index (χ1v) is 31.2. The molecule has 76 heavy (non-hydrogen) atoms. The summed E-state index contributed by atoms with van der Waals surface area (Å²) in [7, 11) is -13.8. The van der Waals surface area contributed by atoms with Gasteiger partial charge in [0.25, 0.3) is 42.2 Å². The van der Waals surface area contributed by atoms with E-state index in [1.807, 2.05) is 79.0 Å². The summed E-state index contributed by atoms with van der Waals surface area (Å²) in [6.45, 7) is 23.2. The van der Waals surface area contributed by atoms with E-state index in [4.69, 9.17) is 14.3 Å². The minimum atomic E-state index is -4.71. The van der Waals surface area contributed by atoms with E-state index >= 15 is 0 Å². The van der Waals surface area contributed by atoms with E-state index in [1.165, 1.54) is 18.2 Å². The van der Waals surface area contributed by atoms with Crippen molar-refractivity contribution in [2.24, 2.45) is 11.3 Å². The van der Waals surface area contributed by atoms with Gasteiger partial charge in [-0.15, -0.1) is 5.06 Å². The van der Waals surface area contributed by atoms with Crippen LogP contribution < -0.4 is 0 Å². The average molecular weight is 1150 g/mol. The van der Waals surface area contributed by atoms with Crippen LogP contribution in [0.25, 0.3) is 0 Å². The molecule has 1 aliphatic carbocycles. The third kappa shape index (κ3) is 15.0. The van der Waals surface area contributed by atoms with Crippen molar-refractivity contribution in [3.8, 4) is 0 Å². The first-order chi connectivity index (χ1) is 34.6. The normalized spacial score (nSPS) is 23.1. The fourth-order valence-electron chi connectivity index (χ4n) is 10.7. The quantitative estimate of drug-likeness (QED) is 0.0311. The molecule has 1 saturated heterocycles. The van der Waals surface area contributed by atoms with Crippen molar-refractivity contribution >= 4 is 70.6 Å². The smallest absolute Gasteiger partial charge is 0.333 e. The number of benzene rings is 1. The molecule has 0 saturated carbocycles. The highest BCUT2D eigenvalue weighted by molar-refractivity contribution is 7.89. The number of allylic oxidation sites excluding steroid dienone is 7. The van der Waals surface area contributed by atoms with Gasteiger partial charge in [-0.25, -0.2) is 9.00 Å². The zero-order valence-electron chi connectivity index (χ0n) is 45.8. The number of hydrogen-bond donors (Lipinski definition) is 4. The molecule has 4 atom stereocenters. The molecule has 0 radical (unpaired) electrons. The summed E-state index contributed by atoms with van der Waals surface area (Å²) in [5.74, 6) is -3.30. The van der Waals surface area contributed by atoms with E-state index in [2.05, 4.69) is 4.90 Å². The van der Waals surface area contributed by atoms with Crippen LogP contribution in [0.4, 0.5) is 5.69 Å². The van der Waals surface area contributed by atoms with Gasteiger partial charge in [-0.3, -0.25) is 23.2 Å². The predicted molar refractivity (Wildman–Crippen MR) is 286 cm³/mol. The zero-order chi connectivity index (χ0) is 57.4. The lowest BCUT2D eigenvalue weighted by atomic mass is 9.74. The van der Waals surface area contributed by atoms with Crippen molar-refractivity contribution in [3.05, 3.63) is 69.9 Å². The van der Waals surface area contributed by atoms with Crippen molar-refractivity contribution in [2.75, 3.05) is 24.7 Å². The molecule has 24 heteroatoms. The van der Waals surface area contributed by atoms with Gasteiger partial charge in [0, 0.05) is 85.5 Å². The topological polar surface area (TPSA) is 289 Å². The number of fused-ring (bicyclic) bond motifs is 1. The van der Waals surface area contributed by atoms with Crippen LogP contribution in [0.1, 0.15) is 159 Å². The van der Waals surface area contributed by atoms with Crippen LogP contribution in [-0.2, 0) is 75.5 Å². The van der Waals surface area contributed by atoms with Crippen molar-refractivity contribution < 1.29 is 80.9 Å². The van der Waals surface area contributed by atoms with Gasteiger partial charge in [-0.2, -0.15) is 29.8 Å². The molecule has 426 valence electrons. The maximum Gasteiger partial charge on any atom is 0.333 e. The molecule has 4 unspecified atom stereocenters. The maximum atomic E-state index is 13.0. The second-order valence-electron chi connectivity index (χ2n) is 23.5. The Labute approximate surface area is 451 Å². The van der Waals surface area contributed by atoms with Gasteiger partial charge in [-0.1, -0.05) is 13.0 Å². The van der Waals surface area contributed by atoms with Crippen molar-refractivity contribution in [1.82, 2.24) is 9.96 Å². The van der Waals surface area contributed by atoms with Crippen LogP contribution >= 0.6 is 0 Å². The molecule has 0 spiro atoms. The number of rotatable bonds is 25. The van der Waals surface area contributed by atoms with Gasteiger partial charge >= 0.3 is 5.97 Å². The van der Waals surface area contributed by atoms with Crippen LogP contribution in [0.5, 0.6) is 0 Å². The summed E-state index contributed by atoms with van der Waals surface area (Å²) >= 11 is -2.17. The highest BCUT2D eigenvalue weighted by atomic mass is 32.2. The van der Waals surface area contributed by atoms with E-state index in [0.29, 0.717) is 52.7 Å². The molecule has 4 aliphatic rings. The largest absolute Gasteiger partial charge is 0.376 e. The summed E-state index contributed by atoms with van der Waals surface area (Å²) in [6.07, 6.45) is 8.47. The second-order valence-corrected chi connectivity index (χ2v) is 29.0. The van der Waals surface area contributed by atoms with E-state index in [1.54, 1.807) is 32.9 Å². The summed E-state index contributed by atoms with van der Waals surface area (Å²) in [4.78, 5) is 43.4. The SMILES string of the molecule is CC1CC2=C(C=C1S(=O)(=O)O)C(C)(CCCS(=O)O)C(=CC=CC1=[N+](C(C)(C)CCOC(C)(C)C)c3ccc(S(=O)(=O)O)cc3C1(C)CCCS(=O)(=O)O)N2C(C)(C)CCOC(C)(C)CCC(=O)ON1C(=O)CCC1=O. The first kappa shape index (κ1) is 62.9. The van der Waals surface area contributed by atoms with Crippen molar-refractivity contribution in [2.45, 2.75) is 186 Å². The lowest BCUT2D eigenvalue weighted by Gasteiger charge is -2.43. The molecule has 0 aromatic heterocycles. The standard InChI is InChI=1S/C52H77N3O17S4/c1-35-32-40-38(34-41(35)76(67,68)69)51(11,23-14-30-73(59)60)43(54(40)49(7,8)27-29-71-50(9,10)25-22-46(58)72-55-44(56)20-21-45(55)57)17-13-16-42-52(12,24-15-31-74(61,62)63)37-33-36(75(64,65)66)18-19-39(37)53(42)48(5,6)26-28-70-47(2,3)4/h13,16-19,33-35H,14-15,20-32H2,1-12H3,(H3-,59,60,61,62,63,64,65,66,67,68,69)/p+1. The summed E-state index contributed by atoms with van der Waals surface area (Å²) in [6, 6.07) is 4.27. The van der Waals surface area contributed by atoms with E-state index in [0.717, 1.165) is 5.70 Å². The van der Waals surface area contributed by atoms with Crippen molar-refractivity contribution in [1.29, 1.82) is 0 Å². The Hall–Kier alpha value is -3.98. The highest BCUT2D eigenvalue weighted by Crippen LogP contribution is 2.58. The van der Waals surface area contributed by atoms with Gasteiger partial charge < -0.3 is 23.8 Å². The Morgan fingerprint density at radius 2 is 1.46 bits per heavy atom. The molecule has 20 nitrogen and oxygen atoms in total. The summed E-state index contributed by atoms with van der Waals surface area (Å²) in [5.41, 5.74) is -1.50. The average Bonchev–Trinajstić information content (AvgIpc) is 3.80. The van der Waals surface area contributed by atoms with Gasteiger partial charge in [-0.05, 0) is 143 Å². The van der Waals surface area contributed by atoms with Gasteiger partial charge in [0.1, 0.15) is 0 Å². The highest BCUT2D eigenvalue weighted by Gasteiger charge is 2.54. The number of imide groups is 1. The molecule has 4 N–H and O–H groups in total. The molecule has 1 fully saturated rings. The van der Waals surface area contributed by atoms with E-state index < -0.39 is 104 Å². The van der Waals surface area contributed by atoms with E-state index in [9.17, 15) is 62.1 Å². The number of nitrogens with zero attached hydrogens (tertiary/aromatic N) is 3. The Morgan fingerprint density at radius 1 is 0.855 bits per heavy atom. The van der Waals surface area contributed by atoms with Gasteiger partial charge in [0.15, 0.2) is 22.3 Å². The second kappa shape index (κ2) is 23.0. The summed E-state index contributed by atoms with van der Waals surface area (Å²) < 4.78 is 143. The number of carbonyl (C=O) groups excluding carboxylic acids is 3. The fourth-order valence-corrected chi connectivity index (χ4v) is 13.0. The van der Waals surface area contributed by atoms with Gasteiger partial charge in [0.2, 0.25) is 5.69 Å². The Kier molecular flexibility index (Phi) is 19.0. The zero-order valence-corrected chi connectivity index (χ0v) is 49.1. The third-order valence-electron chi connectivity index (χ3n) is 14.8. The van der Waals surface area contributed by atoms with E-state index in [-0.39, 0.29) is 79.9 Å². The molecular weight excluding hydrogens is 1070 g/mol. The molecular formula is C52H78N3O17S4+. The Bertz CT molecular complexity index is 2970. The molecule has 3 aliphatic heterocycles. The number of amides is 2. The lowest BCUT2D eigenvalue weighted by Crippen LogP contribution is -2.44. The Morgan fingerprint density at radius 3 is 2.03 bits per heavy atom. The molecule has 0 bridgehead atoms. The Balaban J connectivity index is 1.68. The number of ether oxygens (including phenoxy) is 2. The number of hydrogen-bond acceptors (Lipinski definition) is 14. The minimum absolute atomic E-state index is 0.0394. The maximum absolute atomic E-state index is 13.0. The number of carbonyl (C=O) groups is 3.